The van der Waals surface area contributed by atoms with Gasteiger partial charge in [0.2, 0.25) is 0 Å². The normalized spacial score (nSPS) is 10.4. The van der Waals surface area contributed by atoms with E-state index < -0.39 is 30.1 Å². The summed E-state index contributed by atoms with van der Waals surface area (Å²) >= 11 is 1.31. The third-order valence-corrected chi connectivity index (χ3v) is 4.37. The molecule has 132 valence electrons. The van der Waals surface area contributed by atoms with E-state index in [0.717, 1.165) is 22.6 Å². The summed E-state index contributed by atoms with van der Waals surface area (Å²) < 4.78 is 30.7. The molecule has 0 heterocycles. The van der Waals surface area contributed by atoms with Gasteiger partial charge in [0.05, 0.1) is 5.75 Å². The summed E-state index contributed by atoms with van der Waals surface area (Å²) in [7, 11) is 0. The van der Waals surface area contributed by atoms with Crippen LogP contribution < -0.4 is 5.32 Å². The third-order valence-electron chi connectivity index (χ3n) is 3.40. The molecule has 0 saturated carbocycles. The van der Waals surface area contributed by atoms with Crippen LogP contribution in [0.2, 0.25) is 0 Å². The second-order valence-electron chi connectivity index (χ2n) is 5.37. The van der Waals surface area contributed by atoms with Crippen LogP contribution in [-0.4, -0.2) is 24.2 Å². The second kappa shape index (κ2) is 8.62. The van der Waals surface area contributed by atoms with Gasteiger partial charge in [0.1, 0.15) is 0 Å². The monoisotopic (exact) mass is 365 g/mol. The predicted molar refractivity (Wildman–Crippen MR) is 92.6 cm³/mol. The van der Waals surface area contributed by atoms with Crippen LogP contribution in [0.5, 0.6) is 0 Å². The zero-order chi connectivity index (χ0) is 18.4. The highest BCUT2D eigenvalue weighted by molar-refractivity contribution is 8.00. The highest BCUT2D eigenvalue weighted by Crippen LogP contribution is 2.21. The van der Waals surface area contributed by atoms with E-state index in [9.17, 15) is 18.4 Å². The Labute approximate surface area is 148 Å². The van der Waals surface area contributed by atoms with E-state index >= 15 is 0 Å². The Hall–Kier alpha value is -2.41. The number of benzene rings is 2. The van der Waals surface area contributed by atoms with E-state index in [-0.39, 0.29) is 11.4 Å². The van der Waals surface area contributed by atoms with Crippen molar-refractivity contribution in [2.75, 3.05) is 17.7 Å². The Bertz CT molecular complexity index is 796. The minimum atomic E-state index is -1.07. The molecule has 7 heteroatoms. The maximum Gasteiger partial charge on any atom is 0.316 e. The van der Waals surface area contributed by atoms with Crippen LogP contribution in [0.1, 0.15) is 11.1 Å². The van der Waals surface area contributed by atoms with Gasteiger partial charge in [-0.1, -0.05) is 6.07 Å². The van der Waals surface area contributed by atoms with Gasteiger partial charge in [-0.3, -0.25) is 9.59 Å². The molecule has 0 unspecified atom stereocenters. The maximum absolute atomic E-state index is 13.0. The number of thioether (sulfide) groups is 1. The molecular weight excluding hydrogens is 348 g/mol. The molecule has 2 rings (SSSR count). The smallest absolute Gasteiger partial charge is 0.316 e. The summed E-state index contributed by atoms with van der Waals surface area (Å²) in [5.74, 6) is -3.17. The molecule has 0 bridgehead atoms. The summed E-state index contributed by atoms with van der Waals surface area (Å²) in [6, 6.07) is 8.83. The fourth-order valence-corrected chi connectivity index (χ4v) is 2.70. The number of anilines is 1. The number of amides is 1. The summed E-state index contributed by atoms with van der Waals surface area (Å²) in [5, 5.41) is 2.32. The number of halogens is 2. The van der Waals surface area contributed by atoms with Crippen molar-refractivity contribution in [3.8, 4) is 0 Å². The standard InChI is InChI=1S/C18H17F2NO3S/c1-11-3-5-14(7-12(11)2)25-10-18(23)24-9-17(22)21-13-4-6-15(19)16(20)8-13/h3-8H,9-10H2,1-2H3,(H,21,22). The number of carbonyl (C=O) groups is 2. The average Bonchev–Trinajstić information content (AvgIpc) is 2.57. The number of aryl methyl sites for hydroxylation is 2. The summed E-state index contributed by atoms with van der Waals surface area (Å²) in [4.78, 5) is 24.3. The Balaban J connectivity index is 1.76. The van der Waals surface area contributed by atoms with Crippen molar-refractivity contribution >= 4 is 29.3 Å². The van der Waals surface area contributed by atoms with Gasteiger partial charge >= 0.3 is 5.97 Å². The zero-order valence-corrected chi connectivity index (χ0v) is 14.6. The van der Waals surface area contributed by atoms with E-state index in [1.165, 1.54) is 23.4 Å². The molecule has 0 spiro atoms. The molecule has 0 saturated heterocycles. The Morgan fingerprint density at radius 1 is 1.04 bits per heavy atom. The van der Waals surface area contributed by atoms with Crippen molar-refractivity contribution in [3.63, 3.8) is 0 Å². The Morgan fingerprint density at radius 3 is 2.48 bits per heavy atom. The van der Waals surface area contributed by atoms with Gasteiger partial charge in [-0.2, -0.15) is 0 Å². The van der Waals surface area contributed by atoms with E-state index in [4.69, 9.17) is 4.74 Å². The number of hydrogen-bond acceptors (Lipinski definition) is 4. The molecule has 0 aliphatic carbocycles. The van der Waals surface area contributed by atoms with Gasteiger partial charge < -0.3 is 10.1 Å². The van der Waals surface area contributed by atoms with Gasteiger partial charge in [-0.25, -0.2) is 8.78 Å². The van der Waals surface area contributed by atoms with Gasteiger partial charge in [0.25, 0.3) is 5.91 Å². The molecule has 4 nitrogen and oxygen atoms in total. The van der Waals surface area contributed by atoms with Crippen LogP contribution in [0.3, 0.4) is 0 Å². The molecular formula is C18H17F2NO3S. The SMILES string of the molecule is Cc1ccc(SCC(=O)OCC(=O)Nc2ccc(F)c(F)c2)cc1C. The van der Waals surface area contributed by atoms with Gasteiger partial charge in [0.15, 0.2) is 18.2 Å². The average molecular weight is 365 g/mol. The van der Waals surface area contributed by atoms with Crippen LogP contribution in [0.4, 0.5) is 14.5 Å². The zero-order valence-electron chi connectivity index (χ0n) is 13.8. The summed E-state index contributed by atoms with van der Waals surface area (Å²) in [5.41, 5.74) is 2.38. The Morgan fingerprint density at radius 2 is 1.80 bits per heavy atom. The first-order valence-corrected chi connectivity index (χ1v) is 8.44. The largest absolute Gasteiger partial charge is 0.455 e. The molecule has 0 atom stereocenters. The first-order chi connectivity index (χ1) is 11.8. The molecule has 1 N–H and O–H groups in total. The van der Waals surface area contributed by atoms with Crippen LogP contribution in [0.15, 0.2) is 41.3 Å². The number of rotatable bonds is 6. The quantitative estimate of drug-likeness (QED) is 0.624. The first kappa shape index (κ1) is 18.9. The lowest BCUT2D eigenvalue weighted by Crippen LogP contribution is -2.21. The molecule has 2 aromatic carbocycles. The van der Waals surface area contributed by atoms with Crippen molar-refractivity contribution in [2.24, 2.45) is 0 Å². The van der Waals surface area contributed by atoms with E-state index in [1.54, 1.807) is 0 Å². The second-order valence-corrected chi connectivity index (χ2v) is 6.42. The van der Waals surface area contributed by atoms with Crippen LogP contribution in [-0.2, 0) is 14.3 Å². The van der Waals surface area contributed by atoms with Gasteiger partial charge in [-0.15, -0.1) is 11.8 Å². The molecule has 1 amide bonds. The fraction of sp³-hybridized carbons (Fsp3) is 0.222. The number of esters is 1. The topological polar surface area (TPSA) is 55.4 Å². The number of hydrogen-bond donors (Lipinski definition) is 1. The Kier molecular flexibility index (Phi) is 6.52. The predicted octanol–water partition coefficient (Wildman–Crippen LogP) is 3.86. The van der Waals surface area contributed by atoms with Crippen LogP contribution in [0.25, 0.3) is 0 Å². The molecule has 0 radical (unpaired) electrons. The van der Waals surface area contributed by atoms with Crippen molar-refractivity contribution in [2.45, 2.75) is 18.7 Å². The van der Waals surface area contributed by atoms with E-state index in [2.05, 4.69) is 5.32 Å². The number of nitrogens with one attached hydrogen (secondary N) is 1. The first-order valence-electron chi connectivity index (χ1n) is 7.45. The molecule has 0 aliphatic rings. The van der Waals surface area contributed by atoms with Crippen LogP contribution >= 0.6 is 11.8 Å². The minimum Gasteiger partial charge on any atom is -0.455 e. The van der Waals surface area contributed by atoms with Crippen molar-refractivity contribution in [3.05, 3.63) is 59.2 Å². The fourth-order valence-electron chi connectivity index (χ4n) is 1.90. The lowest BCUT2D eigenvalue weighted by Gasteiger charge is -2.07. The maximum atomic E-state index is 13.0. The van der Waals surface area contributed by atoms with Crippen LogP contribution in [0, 0.1) is 25.5 Å². The van der Waals surface area contributed by atoms with E-state index in [0.29, 0.717) is 0 Å². The summed E-state index contributed by atoms with van der Waals surface area (Å²) in [6.07, 6.45) is 0. The van der Waals surface area contributed by atoms with Crippen molar-refractivity contribution in [1.29, 1.82) is 0 Å². The number of carbonyl (C=O) groups excluding carboxylic acids is 2. The molecule has 0 fully saturated rings. The molecule has 0 aromatic heterocycles. The number of ether oxygens (including phenoxy) is 1. The third kappa shape index (κ3) is 5.86. The molecule has 0 aliphatic heterocycles. The van der Waals surface area contributed by atoms with Gasteiger partial charge in [-0.05, 0) is 49.2 Å². The lowest BCUT2D eigenvalue weighted by atomic mass is 10.1. The summed E-state index contributed by atoms with van der Waals surface area (Å²) in [6.45, 7) is 3.50. The van der Waals surface area contributed by atoms with Gasteiger partial charge in [0, 0.05) is 16.6 Å². The molecule has 2 aromatic rings. The van der Waals surface area contributed by atoms with E-state index in [1.807, 2.05) is 32.0 Å². The van der Waals surface area contributed by atoms with Crippen molar-refractivity contribution < 1.29 is 23.1 Å². The molecule has 25 heavy (non-hydrogen) atoms. The highest BCUT2D eigenvalue weighted by Gasteiger charge is 2.10. The lowest BCUT2D eigenvalue weighted by molar-refractivity contribution is -0.144. The van der Waals surface area contributed by atoms with Crippen molar-refractivity contribution in [1.82, 2.24) is 0 Å². The highest BCUT2D eigenvalue weighted by atomic mass is 32.2. The minimum absolute atomic E-state index is 0.0704.